The molecule has 2 atom stereocenters. The molecule has 1 aromatic carbocycles. The molecule has 1 fully saturated rings. The van der Waals surface area contributed by atoms with Crippen LogP contribution in [0.2, 0.25) is 5.02 Å². The number of likely N-dealkylation sites (N-methyl/N-ethyl adjacent to an activating group) is 1. The molecule has 0 spiro atoms. The summed E-state index contributed by atoms with van der Waals surface area (Å²) in [5, 5.41) is 4.19. The molecule has 1 aromatic rings. The molecule has 0 saturated carbocycles. The fourth-order valence-electron chi connectivity index (χ4n) is 2.40. The molecule has 1 saturated heterocycles. The first kappa shape index (κ1) is 12.9. The Labute approximate surface area is 108 Å². The van der Waals surface area contributed by atoms with Crippen LogP contribution in [-0.2, 0) is 11.2 Å². The third-order valence-corrected chi connectivity index (χ3v) is 3.59. The number of nitrogens with one attached hydrogen (secondary N) is 1. The average molecular weight is 254 g/mol. The van der Waals surface area contributed by atoms with Crippen molar-refractivity contribution in [2.75, 3.05) is 13.7 Å². The summed E-state index contributed by atoms with van der Waals surface area (Å²) in [6.07, 6.45) is 4.94. The van der Waals surface area contributed by atoms with Crippen LogP contribution < -0.4 is 5.32 Å². The van der Waals surface area contributed by atoms with Gasteiger partial charge in [-0.3, -0.25) is 0 Å². The van der Waals surface area contributed by atoms with Crippen LogP contribution in [0.3, 0.4) is 0 Å². The van der Waals surface area contributed by atoms with Gasteiger partial charge >= 0.3 is 0 Å². The Balaban J connectivity index is 1.90. The molecule has 0 radical (unpaired) electrons. The van der Waals surface area contributed by atoms with Gasteiger partial charge in [0.1, 0.15) is 0 Å². The summed E-state index contributed by atoms with van der Waals surface area (Å²) >= 11 is 6.00. The molecule has 1 heterocycles. The average Bonchev–Trinajstić information content (AvgIpc) is 2.81. The molecule has 1 aliphatic rings. The van der Waals surface area contributed by atoms with Gasteiger partial charge in [0.15, 0.2) is 0 Å². The molecule has 94 valence electrons. The summed E-state index contributed by atoms with van der Waals surface area (Å²) in [4.78, 5) is 0. The number of benzene rings is 1. The third kappa shape index (κ3) is 3.98. The predicted octanol–water partition coefficient (Wildman–Crippen LogP) is 3.04. The van der Waals surface area contributed by atoms with Crippen molar-refractivity contribution in [2.24, 2.45) is 0 Å². The Morgan fingerprint density at radius 2 is 2.41 bits per heavy atom. The highest BCUT2D eigenvalue weighted by Gasteiger charge is 2.20. The summed E-state index contributed by atoms with van der Waals surface area (Å²) in [7, 11) is 2.02. The topological polar surface area (TPSA) is 21.3 Å². The molecular weight excluding hydrogens is 234 g/mol. The lowest BCUT2D eigenvalue weighted by Crippen LogP contribution is -2.31. The van der Waals surface area contributed by atoms with Crippen LogP contribution in [-0.4, -0.2) is 25.8 Å². The van der Waals surface area contributed by atoms with Gasteiger partial charge < -0.3 is 10.1 Å². The van der Waals surface area contributed by atoms with Crippen LogP contribution >= 0.6 is 11.6 Å². The standard InChI is InChI=1S/C14H20ClNO/c1-16-13(10-14-6-3-7-17-14)9-11-4-2-5-12(15)8-11/h2,4-5,8,13-14,16H,3,6-7,9-10H2,1H3. The van der Waals surface area contributed by atoms with E-state index in [1.54, 1.807) is 0 Å². The maximum atomic E-state index is 6.00. The maximum absolute atomic E-state index is 6.00. The van der Waals surface area contributed by atoms with Crippen molar-refractivity contribution in [1.82, 2.24) is 5.32 Å². The number of hydrogen-bond donors (Lipinski definition) is 1. The van der Waals surface area contributed by atoms with Crippen LogP contribution in [0, 0.1) is 0 Å². The molecule has 0 amide bonds. The number of hydrogen-bond acceptors (Lipinski definition) is 2. The summed E-state index contributed by atoms with van der Waals surface area (Å²) in [5.74, 6) is 0. The minimum Gasteiger partial charge on any atom is -0.378 e. The van der Waals surface area contributed by atoms with Crippen molar-refractivity contribution < 1.29 is 4.74 Å². The van der Waals surface area contributed by atoms with Gasteiger partial charge in [-0.2, -0.15) is 0 Å². The van der Waals surface area contributed by atoms with Crippen molar-refractivity contribution in [3.05, 3.63) is 34.9 Å². The lowest BCUT2D eigenvalue weighted by Gasteiger charge is -2.20. The monoisotopic (exact) mass is 253 g/mol. The van der Waals surface area contributed by atoms with Crippen LogP contribution in [0.25, 0.3) is 0 Å². The molecular formula is C14H20ClNO. The molecule has 1 aliphatic heterocycles. The zero-order valence-electron chi connectivity index (χ0n) is 10.3. The highest BCUT2D eigenvalue weighted by atomic mass is 35.5. The second-order valence-electron chi connectivity index (χ2n) is 4.69. The molecule has 0 aliphatic carbocycles. The molecule has 2 rings (SSSR count). The van der Waals surface area contributed by atoms with Crippen molar-refractivity contribution in [2.45, 2.75) is 37.8 Å². The van der Waals surface area contributed by atoms with Gasteiger partial charge in [-0.15, -0.1) is 0 Å². The van der Waals surface area contributed by atoms with Crippen molar-refractivity contribution in [3.63, 3.8) is 0 Å². The number of halogens is 1. The van der Waals surface area contributed by atoms with Gasteiger partial charge in [-0.05, 0) is 50.4 Å². The number of rotatable bonds is 5. The Kier molecular flexibility index (Phi) is 4.84. The Morgan fingerprint density at radius 3 is 3.06 bits per heavy atom. The van der Waals surface area contributed by atoms with Gasteiger partial charge in [-0.1, -0.05) is 23.7 Å². The summed E-state index contributed by atoms with van der Waals surface area (Å²) in [6, 6.07) is 8.57. The smallest absolute Gasteiger partial charge is 0.0590 e. The summed E-state index contributed by atoms with van der Waals surface area (Å²) in [5.41, 5.74) is 1.29. The van der Waals surface area contributed by atoms with Crippen molar-refractivity contribution >= 4 is 11.6 Å². The van der Waals surface area contributed by atoms with E-state index in [9.17, 15) is 0 Å². The fraction of sp³-hybridized carbons (Fsp3) is 0.571. The first-order chi connectivity index (χ1) is 8.28. The minimum atomic E-state index is 0.437. The van der Waals surface area contributed by atoms with E-state index >= 15 is 0 Å². The van der Waals surface area contributed by atoms with Gasteiger partial charge in [-0.25, -0.2) is 0 Å². The Morgan fingerprint density at radius 1 is 1.53 bits per heavy atom. The molecule has 2 unspecified atom stereocenters. The van der Waals surface area contributed by atoms with E-state index in [0.29, 0.717) is 12.1 Å². The lowest BCUT2D eigenvalue weighted by molar-refractivity contribution is 0.0954. The zero-order valence-corrected chi connectivity index (χ0v) is 11.0. The van der Waals surface area contributed by atoms with Crippen molar-refractivity contribution in [1.29, 1.82) is 0 Å². The van der Waals surface area contributed by atoms with Crippen LogP contribution in [0.4, 0.5) is 0 Å². The van der Waals surface area contributed by atoms with Crippen molar-refractivity contribution in [3.8, 4) is 0 Å². The second kappa shape index (κ2) is 6.39. The lowest BCUT2D eigenvalue weighted by atomic mass is 9.99. The second-order valence-corrected chi connectivity index (χ2v) is 5.13. The van der Waals surface area contributed by atoms with Crippen LogP contribution in [0.5, 0.6) is 0 Å². The molecule has 0 bridgehead atoms. The highest BCUT2D eigenvalue weighted by Crippen LogP contribution is 2.19. The van der Waals surface area contributed by atoms with E-state index < -0.39 is 0 Å². The molecule has 0 aromatic heterocycles. The van der Waals surface area contributed by atoms with Gasteiger partial charge in [0.25, 0.3) is 0 Å². The SMILES string of the molecule is CNC(Cc1cccc(Cl)c1)CC1CCCO1. The number of ether oxygens (including phenoxy) is 1. The first-order valence-electron chi connectivity index (χ1n) is 6.31. The van der Waals surface area contributed by atoms with Gasteiger partial charge in [0.05, 0.1) is 6.10 Å². The summed E-state index contributed by atoms with van der Waals surface area (Å²) < 4.78 is 5.68. The van der Waals surface area contributed by atoms with E-state index in [4.69, 9.17) is 16.3 Å². The van der Waals surface area contributed by atoms with E-state index in [-0.39, 0.29) is 0 Å². The van der Waals surface area contributed by atoms with E-state index in [1.165, 1.54) is 18.4 Å². The highest BCUT2D eigenvalue weighted by molar-refractivity contribution is 6.30. The van der Waals surface area contributed by atoms with Gasteiger partial charge in [0.2, 0.25) is 0 Å². The van der Waals surface area contributed by atoms with E-state index in [0.717, 1.165) is 24.5 Å². The first-order valence-corrected chi connectivity index (χ1v) is 6.69. The quantitative estimate of drug-likeness (QED) is 0.871. The largest absolute Gasteiger partial charge is 0.378 e. The van der Waals surface area contributed by atoms with Gasteiger partial charge in [0, 0.05) is 17.7 Å². The zero-order chi connectivity index (χ0) is 12.1. The predicted molar refractivity (Wildman–Crippen MR) is 71.6 cm³/mol. The van der Waals surface area contributed by atoms with Crippen LogP contribution in [0.1, 0.15) is 24.8 Å². The normalized spacial score (nSPS) is 21.6. The van der Waals surface area contributed by atoms with Crippen LogP contribution in [0.15, 0.2) is 24.3 Å². The molecule has 1 N–H and O–H groups in total. The Bertz CT molecular complexity index is 350. The third-order valence-electron chi connectivity index (χ3n) is 3.35. The molecule has 17 heavy (non-hydrogen) atoms. The summed E-state index contributed by atoms with van der Waals surface area (Å²) in [6.45, 7) is 0.929. The van der Waals surface area contributed by atoms with E-state index in [1.807, 2.05) is 25.2 Å². The Hall–Kier alpha value is -0.570. The van der Waals surface area contributed by atoms with E-state index in [2.05, 4.69) is 11.4 Å². The maximum Gasteiger partial charge on any atom is 0.0590 e. The fourth-order valence-corrected chi connectivity index (χ4v) is 2.61. The minimum absolute atomic E-state index is 0.437. The molecule has 2 nitrogen and oxygen atoms in total. The molecule has 3 heteroatoms.